The van der Waals surface area contributed by atoms with Crippen molar-refractivity contribution in [1.29, 1.82) is 5.26 Å². The summed E-state index contributed by atoms with van der Waals surface area (Å²) in [7, 11) is 2.18. The van der Waals surface area contributed by atoms with Gasteiger partial charge in [0.15, 0.2) is 0 Å². The maximum absolute atomic E-state index is 9.52. The van der Waals surface area contributed by atoms with Crippen LogP contribution in [0, 0.1) is 18.3 Å². The molecule has 1 aliphatic heterocycles. The molecule has 0 saturated carbocycles. The molecule has 3 nitrogen and oxygen atoms in total. The highest BCUT2D eigenvalue weighted by Crippen LogP contribution is 2.24. The molecule has 0 N–H and O–H groups in total. The van der Waals surface area contributed by atoms with Crippen molar-refractivity contribution in [1.82, 2.24) is 9.80 Å². The average molecular weight is 257 g/mol. The van der Waals surface area contributed by atoms with Gasteiger partial charge in [0.25, 0.3) is 0 Å². The van der Waals surface area contributed by atoms with Crippen molar-refractivity contribution in [2.24, 2.45) is 0 Å². The van der Waals surface area contributed by atoms with Crippen LogP contribution in [0.5, 0.6) is 0 Å². The number of nitriles is 1. The molecule has 0 amide bonds. The number of benzene rings is 1. The van der Waals surface area contributed by atoms with Gasteiger partial charge in [0, 0.05) is 25.7 Å². The summed E-state index contributed by atoms with van der Waals surface area (Å²) in [6.45, 7) is 7.30. The third-order valence-corrected chi connectivity index (χ3v) is 4.16. The lowest BCUT2D eigenvalue weighted by atomic mass is 10.0. The SMILES string of the molecule is CCC1CN(C(C#N)c2ccc(C)cc2)CCN1C. The molecule has 2 rings (SSSR count). The molecule has 2 unspecified atom stereocenters. The summed E-state index contributed by atoms with van der Waals surface area (Å²) in [6.07, 6.45) is 1.14. The van der Waals surface area contributed by atoms with Crippen LogP contribution >= 0.6 is 0 Å². The molecule has 1 aliphatic rings. The molecule has 0 radical (unpaired) electrons. The molecule has 2 atom stereocenters. The number of hydrogen-bond acceptors (Lipinski definition) is 3. The summed E-state index contributed by atoms with van der Waals surface area (Å²) in [5.74, 6) is 0. The Morgan fingerprint density at radius 2 is 2.00 bits per heavy atom. The molecular formula is C16H23N3. The minimum atomic E-state index is -0.108. The van der Waals surface area contributed by atoms with Crippen LogP contribution in [0.1, 0.15) is 30.5 Å². The minimum Gasteiger partial charge on any atom is -0.301 e. The van der Waals surface area contributed by atoms with Crippen LogP contribution < -0.4 is 0 Å². The van der Waals surface area contributed by atoms with E-state index in [4.69, 9.17) is 0 Å². The van der Waals surface area contributed by atoms with E-state index in [1.54, 1.807) is 0 Å². The third kappa shape index (κ3) is 3.15. The van der Waals surface area contributed by atoms with E-state index >= 15 is 0 Å². The van der Waals surface area contributed by atoms with Gasteiger partial charge in [-0.05, 0) is 26.0 Å². The molecule has 0 spiro atoms. The zero-order chi connectivity index (χ0) is 13.8. The van der Waals surface area contributed by atoms with E-state index in [1.807, 2.05) is 0 Å². The van der Waals surface area contributed by atoms with Crippen LogP contribution in [-0.4, -0.2) is 42.5 Å². The Labute approximate surface area is 116 Å². The predicted octanol–water partition coefficient (Wildman–Crippen LogP) is 2.59. The van der Waals surface area contributed by atoms with Crippen LogP contribution in [0.4, 0.5) is 0 Å². The molecular weight excluding hydrogens is 234 g/mol. The third-order valence-electron chi connectivity index (χ3n) is 4.16. The van der Waals surface area contributed by atoms with E-state index in [1.165, 1.54) is 5.56 Å². The van der Waals surface area contributed by atoms with Crippen LogP contribution in [0.15, 0.2) is 24.3 Å². The Bertz CT molecular complexity index is 446. The Morgan fingerprint density at radius 1 is 1.32 bits per heavy atom. The second-order valence-corrected chi connectivity index (χ2v) is 5.48. The maximum atomic E-state index is 9.52. The second-order valence-electron chi connectivity index (χ2n) is 5.48. The average Bonchev–Trinajstić information content (AvgIpc) is 2.43. The quantitative estimate of drug-likeness (QED) is 0.833. The molecule has 3 heteroatoms. The van der Waals surface area contributed by atoms with Crippen molar-refractivity contribution in [3.8, 4) is 6.07 Å². The standard InChI is InChI=1S/C16H23N3/c1-4-15-12-19(10-9-18(15)3)16(11-17)14-7-5-13(2)6-8-14/h5-8,15-16H,4,9-10,12H2,1-3H3. The lowest BCUT2D eigenvalue weighted by molar-refractivity contribution is 0.0773. The van der Waals surface area contributed by atoms with Crippen molar-refractivity contribution in [3.63, 3.8) is 0 Å². The molecule has 1 saturated heterocycles. The largest absolute Gasteiger partial charge is 0.301 e. The Morgan fingerprint density at radius 3 is 2.58 bits per heavy atom. The summed E-state index contributed by atoms with van der Waals surface area (Å²) in [5, 5.41) is 9.52. The van der Waals surface area contributed by atoms with Crippen molar-refractivity contribution >= 4 is 0 Å². The number of likely N-dealkylation sites (N-methyl/N-ethyl adjacent to an activating group) is 1. The van der Waals surface area contributed by atoms with Crippen molar-refractivity contribution < 1.29 is 0 Å². The maximum Gasteiger partial charge on any atom is 0.123 e. The Kier molecular flexibility index (Phi) is 4.57. The molecule has 102 valence electrons. The van der Waals surface area contributed by atoms with Crippen molar-refractivity contribution in [3.05, 3.63) is 35.4 Å². The summed E-state index contributed by atoms with van der Waals surface area (Å²) < 4.78 is 0. The van der Waals surface area contributed by atoms with Gasteiger partial charge in [0.2, 0.25) is 0 Å². The number of piperazine rings is 1. The molecule has 0 aliphatic carbocycles. The fourth-order valence-corrected chi connectivity index (χ4v) is 2.76. The molecule has 0 aromatic heterocycles. The van der Waals surface area contributed by atoms with E-state index in [2.05, 4.69) is 61.0 Å². The molecule has 1 heterocycles. The van der Waals surface area contributed by atoms with E-state index < -0.39 is 0 Å². The van der Waals surface area contributed by atoms with Gasteiger partial charge < -0.3 is 4.90 Å². The number of rotatable bonds is 3. The lowest BCUT2D eigenvalue weighted by Crippen LogP contribution is -2.51. The highest BCUT2D eigenvalue weighted by atomic mass is 15.3. The zero-order valence-electron chi connectivity index (χ0n) is 12.1. The van der Waals surface area contributed by atoms with Gasteiger partial charge in [0.05, 0.1) is 6.07 Å². The zero-order valence-corrected chi connectivity index (χ0v) is 12.1. The fourth-order valence-electron chi connectivity index (χ4n) is 2.76. The first-order chi connectivity index (χ1) is 9.15. The van der Waals surface area contributed by atoms with Gasteiger partial charge in [-0.3, -0.25) is 4.90 Å². The number of aryl methyl sites for hydroxylation is 1. The minimum absolute atomic E-state index is 0.108. The Hall–Kier alpha value is -1.37. The highest BCUT2D eigenvalue weighted by Gasteiger charge is 2.28. The summed E-state index contributed by atoms with van der Waals surface area (Å²) in [4.78, 5) is 4.72. The van der Waals surface area contributed by atoms with Gasteiger partial charge in [-0.25, -0.2) is 0 Å². The number of nitrogens with zero attached hydrogens (tertiary/aromatic N) is 3. The van der Waals surface area contributed by atoms with Gasteiger partial charge in [-0.15, -0.1) is 0 Å². The molecule has 1 fully saturated rings. The molecule has 19 heavy (non-hydrogen) atoms. The van der Waals surface area contributed by atoms with Crippen LogP contribution in [0.3, 0.4) is 0 Å². The predicted molar refractivity (Wildman–Crippen MR) is 77.8 cm³/mol. The van der Waals surface area contributed by atoms with Crippen LogP contribution in [0.25, 0.3) is 0 Å². The number of hydrogen-bond donors (Lipinski definition) is 0. The van der Waals surface area contributed by atoms with Crippen LogP contribution in [0.2, 0.25) is 0 Å². The van der Waals surface area contributed by atoms with Gasteiger partial charge >= 0.3 is 0 Å². The van der Waals surface area contributed by atoms with E-state index in [0.29, 0.717) is 6.04 Å². The first-order valence-corrected chi connectivity index (χ1v) is 7.06. The topological polar surface area (TPSA) is 30.3 Å². The normalized spacial score (nSPS) is 22.9. The second kappa shape index (κ2) is 6.18. The van der Waals surface area contributed by atoms with Gasteiger partial charge in [-0.1, -0.05) is 36.8 Å². The summed E-state index contributed by atoms with van der Waals surface area (Å²) in [6, 6.07) is 11.3. The Balaban J connectivity index is 2.14. The first kappa shape index (κ1) is 14.0. The van der Waals surface area contributed by atoms with E-state index in [-0.39, 0.29) is 6.04 Å². The van der Waals surface area contributed by atoms with Gasteiger partial charge in [-0.2, -0.15) is 5.26 Å². The van der Waals surface area contributed by atoms with Crippen LogP contribution in [-0.2, 0) is 0 Å². The summed E-state index contributed by atoms with van der Waals surface area (Å²) >= 11 is 0. The summed E-state index contributed by atoms with van der Waals surface area (Å²) in [5.41, 5.74) is 2.36. The highest BCUT2D eigenvalue weighted by molar-refractivity contribution is 5.28. The lowest BCUT2D eigenvalue weighted by Gasteiger charge is -2.41. The van der Waals surface area contributed by atoms with E-state index in [9.17, 15) is 5.26 Å². The van der Waals surface area contributed by atoms with Crippen molar-refractivity contribution in [2.45, 2.75) is 32.4 Å². The van der Waals surface area contributed by atoms with Crippen molar-refractivity contribution in [2.75, 3.05) is 26.7 Å². The van der Waals surface area contributed by atoms with E-state index in [0.717, 1.165) is 31.6 Å². The fraction of sp³-hybridized carbons (Fsp3) is 0.562. The molecule has 1 aromatic carbocycles. The molecule has 1 aromatic rings. The van der Waals surface area contributed by atoms with Gasteiger partial charge in [0.1, 0.15) is 6.04 Å². The monoisotopic (exact) mass is 257 g/mol. The molecule has 0 bridgehead atoms. The smallest absolute Gasteiger partial charge is 0.123 e. The first-order valence-electron chi connectivity index (χ1n) is 7.06.